The number of aromatic nitrogens is 1. The zero-order valence-corrected chi connectivity index (χ0v) is 10.8. The second-order valence-electron chi connectivity index (χ2n) is 4.56. The third-order valence-electron chi connectivity index (χ3n) is 3.21. The summed E-state index contributed by atoms with van der Waals surface area (Å²) in [5, 5.41) is 4.32. The van der Waals surface area contributed by atoms with Crippen molar-refractivity contribution in [2.75, 3.05) is 11.1 Å². The topological polar surface area (TPSA) is 50.9 Å². The maximum Gasteiger partial charge on any atom is 0.136 e. The van der Waals surface area contributed by atoms with Gasteiger partial charge in [0.1, 0.15) is 11.6 Å². The van der Waals surface area contributed by atoms with Gasteiger partial charge in [0.25, 0.3) is 0 Å². The van der Waals surface area contributed by atoms with Crippen molar-refractivity contribution in [2.24, 2.45) is 0 Å². The van der Waals surface area contributed by atoms with Gasteiger partial charge in [0.2, 0.25) is 0 Å². The van der Waals surface area contributed by atoms with Crippen LogP contribution in [0.25, 0.3) is 10.8 Å². The fourth-order valence-electron chi connectivity index (χ4n) is 2.20. The van der Waals surface area contributed by atoms with Gasteiger partial charge in [0.15, 0.2) is 0 Å². The van der Waals surface area contributed by atoms with Gasteiger partial charge < -0.3 is 11.1 Å². The quantitative estimate of drug-likeness (QED) is 0.713. The summed E-state index contributed by atoms with van der Waals surface area (Å²) >= 11 is 0. The van der Waals surface area contributed by atoms with Gasteiger partial charge in [0.05, 0.1) is 5.39 Å². The SMILES string of the molecule is Nc1ccc(F)c2ccnc(NCc3ccccc3)c12. The number of nitrogens with one attached hydrogen (secondary N) is 1. The van der Waals surface area contributed by atoms with E-state index in [0.717, 1.165) is 5.56 Å². The molecule has 2 aromatic carbocycles. The minimum Gasteiger partial charge on any atom is -0.398 e. The maximum absolute atomic E-state index is 13.8. The predicted octanol–water partition coefficient (Wildman–Crippen LogP) is 3.57. The first-order chi connectivity index (χ1) is 9.75. The maximum atomic E-state index is 13.8. The van der Waals surface area contributed by atoms with E-state index in [1.165, 1.54) is 6.07 Å². The first kappa shape index (κ1) is 12.4. The van der Waals surface area contributed by atoms with Gasteiger partial charge in [0, 0.05) is 23.8 Å². The van der Waals surface area contributed by atoms with Gasteiger partial charge >= 0.3 is 0 Å². The molecule has 0 aliphatic heterocycles. The Kier molecular flexibility index (Phi) is 3.21. The van der Waals surface area contributed by atoms with Crippen molar-refractivity contribution < 1.29 is 4.39 Å². The Labute approximate surface area is 116 Å². The van der Waals surface area contributed by atoms with Crippen LogP contribution in [-0.2, 0) is 6.54 Å². The van der Waals surface area contributed by atoms with Crippen LogP contribution >= 0.6 is 0 Å². The molecule has 100 valence electrons. The minimum absolute atomic E-state index is 0.292. The highest BCUT2D eigenvalue weighted by Gasteiger charge is 2.09. The average molecular weight is 267 g/mol. The molecule has 20 heavy (non-hydrogen) atoms. The molecule has 0 bridgehead atoms. The summed E-state index contributed by atoms with van der Waals surface area (Å²) in [4.78, 5) is 4.27. The number of halogens is 1. The molecule has 0 amide bonds. The summed E-state index contributed by atoms with van der Waals surface area (Å²) in [6, 6.07) is 14.5. The predicted molar refractivity (Wildman–Crippen MR) is 79.9 cm³/mol. The van der Waals surface area contributed by atoms with Crippen molar-refractivity contribution in [2.45, 2.75) is 6.54 Å². The number of hydrogen-bond donors (Lipinski definition) is 2. The molecule has 0 aliphatic rings. The number of hydrogen-bond acceptors (Lipinski definition) is 3. The summed E-state index contributed by atoms with van der Waals surface area (Å²) in [6.45, 7) is 0.614. The third kappa shape index (κ3) is 2.28. The molecule has 0 atom stereocenters. The number of nitrogens with two attached hydrogens (primary N) is 1. The Morgan fingerprint density at radius 3 is 2.65 bits per heavy atom. The molecular weight excluding hydrogens is 253 g/mol. The first-order valence-electron chi connectivity index (χ1n) is 6.36. The molecule has 0 saturated heterocycles. The minimum atomic E-state index is -0.292. The highest BCUT2D eigenvalue weighted by atomic mass is 19.1. The lowest BCUT2D eigenvalue weighted by Gasteiger charge is -2.11. The first-order valence-corrected chi connectivity index (χ1v) is 6.36. The molecule has 3 nitrogen and oxygen atoms in total. The molecule has 3 N–H and O–H groups in total. The van der Waals surface area contributed by atoms with Crippen LogP contribution in [0.3, 0.4) is 0 Å². The molecule has 3 rings (SSSR count). The van der Waals surface area contributed by atoms with Crippen LogP contribution in [0.2, 0.25) is 0 Å². The summed E-state index contributed by atoms with van der Waals surface area (Å²) < 4.78 is 13.8. The van der Waals surface area contributed by atoms with Crippen LogP contribution < -0.4 is 11.1 Å². The van der Waals surface area contributed by atoms with E-state index in [-0.39, 0.29) is 5.82 Å². The molecule has 0 aliphatic carbocycles. The Bertz CT molecular complexity index is 741. The average Bonchev–Trinajstić information content (AvgIpc) is 2.50. The monoisotopic (exact) mass is 267 g/mol. The highest BCUT2D eigenvalue weighted by molar-refractivity contribution is 6.00. The molecule has 1 aromatic heterocycles. The largest absolute Gasteiger partial charge is 0.398 e. The summed E-state index contributed by atoms with van der Waals surface area (Å²) in [6.07, 6.45) is 1.58. The zero-order valence-electron chi connectivity index (χ0n) is 10.8. The third-order valence-corrected chi connectivity index (χ3v) is 3.21. The van der Waals surface area contributed by atoms with Crippen LogP contribution in [0.4, 0.5) is 15.9 Å². The number of benzene rings is 2. The molecule has 0 fully saturated rings. The van der Waals surface area contributed by atoms with E-state index < -0.39 is 0 Å². The highest BCUT2D eigenvalue weighted by Crippen LogP contribution is 2.29. The molecule has 0 saturated carbocycles. The van der Waals surface area contributed by atoms with Crippen molar-refractivity contribution in [3.63, 3.8) is 0 Å². The standard InChI is InChI=1S/C16H14FN3/c17-13-6-7-14(18)15-12(13)8-9-19-16(15)20-10-11-4-2-1-3-5-11/h1-9H,10,18H2,(H,19,20). The smallest absolute Gasteiger partial charge is 0.136 e. The molecule has 3 aromatic rings. The van der Waals surface area contributed by atoms with Gasteiger partial charge in [-0.15, -0.1) is 0 Å². The van der Waals surface area contributed by atoms with E-state index in [4.69, 9.17) is 5.73 Å². The number of anilines is 2. The van der Waals surface area contributed by atoms with Crippen LogP contribution in [0.15, 0.2) is 54.7 Å². The van der Waals surface area contributed by atoms with E-state index in [2.05, 4.69) is 10.3 Å². The number of pyridine rings is 1. The lowest BCUT2D eigenvalue weighted by atomic mass is 10.1. The van der Waals surface area contributed by atoms with Gasteiger partial charge in [-0.25, -0.2) is 9.37 Å². The van der Waals surface area contributed by atoms with Crippen molar-refractivity contribution >= 4 is 22.3 Å². The van der Waals surface area contributed by atoms with Crippen molar-refractivity contribution in [1.82, 2.24) is 4.98 Å². The number of nitrogen functional groups attached to an aromatic ring is 1. The number of nitrogens with zero attached hydrogens (tertiary/aromatic N) is 1. The normalized spacial score (nSPS) is 10.7. The van der Waals surface area contributed by atoms with Crippen molar-refractivity contribution in [3.05, 3.63) is 66.1 Å². The molecule has 1 heterocycles. The van der Waals surface area contributed by atoms with Gasteiger partial charge in [-0.1, -0.05) is 30.3 Å². The lowest BCUT2D eigenvalue weighted by molar-refractivity contribution is 0.640. The summed E-state index contributed by atoms with van der Waals surface area (Å²) in [5.74, 6) is 0.308. The zero-order chi connectivity index (χ0) is 13.9. The summed E-state index contributed by atoms with van der Waals surface area (Å²) in [7, 11) is 0. The lowest BCUT2D eigenvalue weighted by Crippen LogP contribution is -2.03. The van der Waals surface area contributed by atoms with E-state index >= 15 is 0 Å². The fraction of sp³-hybridized carbons (Fsp3) is 0.0625. The van der Waals surface area contributed by atoms with E-state index in [0.29, 0.717) is 28.8 Å². The van der Waals surface area contributed by atoms with Gasteiger partial charge in [-0.2, -0.15) is 0 Å². The van der Waals surface area contributed by atoms with E-state index in [9.17, 15) is 4.39 Å². The fourth-order valence-corrected chi connectivity index (χ4v) is 2.20. The second kappa shape index (κ2) is 5.17. The Balaban J connectivity index is 1.98. The molecule has 0 spiro atoms. The second-order valence-corrected chi connectivity index (χ2v) is 4.56. The van der Waals surface area contributed by atoms with Crippen LogP contribution in [-0.4, -0.2) is 4.98 Å². The molecular formula is C16H14FN3. The number of fused-ring (bicyclic) bond motifs is 1. The molecule has 0 radical (unpaired) electrons. The number of rotatable bonds is 3. The van der Waals surface area contributed by atoms with Crippen molar-refractivity contribution in [1.29, 1.82) is 0 Å². The van der Waals surface area contributed by atoms with Crippen LogP contribution in [0.5, 0.6) is 0 Å². The Morgan fingerprint density at radius 2 is 1.85 bits per heavy atom. The molecule has 4 heteroatoms. The van der Waals surface area contributed by atoms with Crippen LogP contribution in [0.1, 0.15) is 5.56 Å². The van der Waals surface area contributed by atoms with Crippen molar-refractivity contribution in [3.8, 4) is 0 Å². The van der Waals surface area contributed by atoms with Crippen LogP contribution in [0, 0.1) is 5.82 Å². The van der Waals surface area contributed by atoms with Gasteiger partial charge in [-0.05, 0) is 23.8 Å². The van der Waals surface area contributed by atoms with E-state index in [1.807, 2.05) is 30.3 Å². The Hall–Kier alpha value is -2.62. The summed E-state index contributed by atoms with van der Waals surface area (Å²) in [5.41, 5.74) is 7.59. The Morgan fingerprint density at radius 1 is 1.05 bits per heavy atom. The molecule has 0 unspecified atom stereocenters. The van der Waals surface area contributed by atoms with E-state index in [1.54, 1.807) is 18.3 Å². The van der Waals surface area contributed by atoms with Gasteiger partial charge in [-0.3, -0.25) is 0 Å².